The molecule has 6 rings (SSSR count). The van der Waals surface area contributed by atoms with Crippen molar-refractivity contribution < 1.29 is 22.7 Å². The number of fused-ring (bicyclic) bond motifs is 5. The highest BCUT2D eigenvalue weighted by Gasteiger charge is 2.38. The van der Waals surface area contributed by atoms with E-state index in [9.17, 15) is 13.2 Å². The Kier molecular flexibility index (Phi) is 7.67. The fourth-order valence-electron chi connectivity index (χ4n) is 6.02. The number of hydrogen-bond donors (Lipinski definition) is 2. The van der Waals surface area contributed by atoms with Crippen molar-refractivity contribution in [3.8, 4) is 17.1 Å². The Labute approximate surface area is 240 Å². The first-order valence-corrected chi connectivity index (χ1v) is 15.6. The van der Waals surface area contributed by atoms with Gasteiger partial charge in [0.25, 0.3) is 15.9 Å². The molecule has 3 aliphatic heterocycles. The summed E-state index contributed by atoms with van der Waals surface area (Å²) in [6.07, 6.45) is 2.39. The zero-order chi connectivity index (χ0) is 28.6. The minimum atomic E-state index is -4.09. The van der Waals surface area contributed by atoms with E-state index < -0.39 is 10.0 Å². The van der Waals surface area contributed by atoms with Crippen molar-refractivity contribution in [2.45, 2.75) is 50.2 Å². The Bertz CT molecular complexity index is 1540. The Morgan fingerprint density at radius 2 is 1.76 bits per heavy atom. The Morgan fingerprint density at radius 1 is 1.00 bits per heavy atom. The van der Waals surface area contributed by atoms with Gasteiger partial charge in [-0.3, -0.25) is 4.79 Å². The molecule has 4 bridgehead atoms. The molecule has 3 aromatic rings. The predicted molar refractivity (Wildman–Crippen MR) is 154 cm³/mol. The molecule has 1 aromatic heterocycles. The van der Waals surface area contributed by atoms with Gasteiger partial charge in [-0.2, -0.15) is 4.98 Å². The molecule has 3 aliphatic rings. The Hall–Kier alpha value is -3.54. The molecule has 0 saturated carbocycles. The van der Waals surface area contributed by atoms with Crippen LogP contribution < -0.4 is 14.8 Å². The van der Waals surface area contributed by atoms with Crippen molar-refractivity contribution in [2.75, 3.05) is 37.6 Å². The van der Waals surface area contributed by atoms with E-state index in [0.717, 1.165) is 49.2 Å². The summed E-state index contributed by atoms with van der Waals surface area (Å²) >= 11 is 0. The monoisotopic (exact) mass is 577 g/mol. The van der Waals surface area contributed by atoms with Gasteiger partial charge in [0.1, 0.15) is 6.10 Å². The first-order chi connectivity index (χ1) is 19.8. The molecule has 2 aromatic carbocycles. The van der Waals surface area contributed by atoms with Crippen LogP contribution in [0.15, 0.2) is 53.4 Å². The molecular formula is C30H35N5O5S. The highest BCUT2D eigenvalue weighted by Crippen LogP contribution is 2.31. The standard InChI is InChI=1S/C30H35N5O5S/c1-19-5-3-6-20(2)28(19)24-16-27-33-30(32-24)34-41(37,38)23-8-4-7-22(15-23)29(36)35(25-17-31-18-26(25)40-27)12-9-21-10-13-39-14-11-21/h3-8,15-16,21,25-26,31H,9-14,17-18H2,1-2H3,(H,32,33,34)/t25-,26-/m1/s1. The van der Waals surface area contributed by atoms with Crippen molar-refractivity contribution >= 4 is 21.9 Å². The lowest BCUT2D eigenvalue weighted by molar-refractivity contribution is 0.0425. The van der Waals surface area contributed by atoms with E-state index in [1.165, 1.54) is 12.1 Å². The lowest BCUT2D eigenvalue weighted by atomic mass is 9.95. The van der Waals surface area contributed by atoms with E-state index >= 15 is 0 Å². The maximum atomic E-state index is 14.0. The first kappa shape index (κ1) is 27.6. The van der Waals surface area contributed by atoms with Gasteiger partial charge < -0.3 is 19.7 Å². The molecule has 41 heavy (non-hydrogen) atoms. The number of nitrogens with one attached hydrogen (secondary N) is 2. The Balaban J connectivity index is 1.44. The highest BCUT2D eigenvalue weighted by atomic mass is 32.2. The van der Waals surface area contributed by atoms with Crippen LogP contribution >= 0.6 is 0 Å². The van der Waals surface area contributed by atoms with Crippen molar-refractivity contribution in [1.82, 2.24) is 20.2 Å². The average Bonchev–Trinajstić information content (AvgIpc) is 3.40. The van der Waals surface area contributed by atoms with Crippen molar-refractivity contribution in [3.63, 3.8) is 0 Å². The fourth-order valence-corrected chi connectivity index (χ4v) is 7.01. The van der Waals surface area contributed by atoms with Crippen LogP contribution in [0.2, 0.25) is 0 Å². The molecule has 0 radical (unpaired) electrons. The summed E-state index contributed by atoms with van der Waals surface area (Å²) in [6, 6.07) is 13.6. The van der Waals surface area contributed by atoms with Gasteiger partial charge in [0.2, 0.25) is 11.8 Å². The Morgan fingerprint density at radius 3 is 2.54 bits per heavy atom. The summed E-state index contributed by atoms with van der Waals surface area (Å²) in [4.78, 5) is 24.9. The number of aromatic nitrogens is 2. The summed E-state index contributed by atoms with van der Waals surface area (Å²) in [5.74, 6) is 0.409. The molecule has 0 unspecified atom stereocenters. The van der Waals surface area contributed by atoms with E-state index in [1.54, 1.807) is 18.2 Å². The molecule has 2 fully saturated rings. The first-order valence-electron chi connectivity index (χ1n) is 14.1. The van der Waals surface area contributed by atoms with Gasteiger partial charge in [-0.25, -0.2) is 18.1 Å². The van der Waals surface area contributed by atoms with Gasteiger partial charge in [-0.05, 0) is 68.4 Å². The number of benzene rings is 2. The van der Waals surface area contributed by atoms with E-state index in [0.29, 0.717) is 36.8 Å². The summed E-state index contributed by atoms with van der Waals surface area (Å²) in [7, 11) is -4.09. The van der Waals surface area contributed by atoms with Gasteiger partial charge in [-0.1, -0.05) is 24.3 Å². The van der Waals surface area contributed by atoms with Crippen LogP contribution in [0.1, 0.15) is 40.7 Å². The summed E-state index contributed by atoms with van der Waals surface area (Å²) in [6.45, 7) is 7.07. The molecule has 2 atom stereocenters. The second-order valence-electron chi connectivity index (χ2n) is 11.0. The molecule has 0 aliphatic carbocycles. The lowest BCUT2D eigenvalue weighted by Gasteiger charge is -2.34. The summed E-state index contributed by atoms with van der Waals surface area (Å²) in [5.41, 5.74) is 3.76. The lowest BCUT2D eigenvalue weighted by Crippen LogP contribution is -2.49. The number of sulfonamides is 1. The number of carbonyl (C=O) groups is 1. The average molecular weight is 578 g/mol. The summed E-state index contributed by atoms with van der Waals surface area (Å²) in [5, 5.41) is 3.39. The molecule has 216 valence electrons. The number of amides is 1. The quantitative estimate of drug-likeness (QED) is 0.483. The van der Waals surface area contributed by atoms with E-state index in [4.69, 9.17) is 9.47 Å². The largest absolute Gasteiger partial charge is 0.471 e. The van der Waals surface area contributed by atoms with Crippen LogP contribution in [0.25, 0.3) is 11.3 Å². The minimum Gasteiger partial charge on any atom is -0.471 e. The number of ether oxygens (including phenoxy) is 2. The zero-order valence-corrected chi connectivity index (χ0v) is 24.1. The fraction of sp³-hybridized carbons (Fsp3) is 0.433. The minimum absolute atomic E-state index is 0.0309. The van der Waals surface area contributed by atoms with Crippen molar-refractivity contribution in [1.29, 1.82) is 0 Å². The van der Waals surface area contributed by atoms with Gasteiger partial charge in [0.05, 0.1) is 16.6 Å². The molecule has 2 saturated heterocycles. The van der Waals surface area contributed by atoms with Crippen molar-refractivity contribution in [3.05, 3.63) is 65.2 Å². The maximum absolute atomic E-state index is 14.0. The van der Waals surface area contributed by atoms with Crippen molar-refractivity contribution in [2.24, 2.45) is 5.92 Å². The topological polar surface area (TPSA) is 123 Å². The van der Waals surface area contributed by atoms with Crippen LogP contribution in [0.3, 0.4) is 0 Å². The predicted octanol–water partition coefficient (Wildman–Crippen LogP) is 3.55. The van der Waals surface area contributed by atoms with Crippen LogP contribution in [-0.2, 0) is 14.8 Å². The molecule has 2 N–H and O–H groups in total. The maximum Gasteiger partial charge on any atom is 0.264 e. The van der Waals surface area contributed by atoms with Crippen LogP contribution in [0.4, 0.5) is 5.95 Å². The van der Waals surface area contributed by atoms with Crippen LogP contribution in [0, 0.1) is 19.8 Å². The highest BCUT2D eigenvalue weighted by molar-refractivity contribution is 7.92. The van der Waals surface area contributed by atoms with Gasteiger partial charge in [0, 0.05) is 50.0 Å². The number of rotatable bonds is 4. The molecule has 0 spiro atoms. The van der Waals surface area contributed by atoms with Gasteiger partial charge >= 0.3 is 0 Å². The molecule has 4 heterocycles. The number of nitrogens with zero attached hydrogens (tertiary/aromatic N) is 3. The smallest absolute Gasteiger partial charge is 0.264 e. The number of aryl methyl sites for hydroxylation is 2. The zero-order valence-electron chi connectivity index (χ0n) is 23.3. The number of anilines is 1. The molecule has 10 nitrogen and oxygen atoms in total. The third kappa shape index (κ3) is 5.79. The number of hydrogen-bond acceptors (Lipinski definition) is 8. The van der Waals surface area contributed by atoms with E-state index in [-0.39, 0.29) is 34.8 Å². The van der Waals surface area contributed by atoms with E-state index in [1.807, 2.05) is 36.9 Å². The van der Waals surface area contributed by atoms with Crippen LogP contribution in [-0.4, -0.2) is 74.2 Å². The third-order valence-corrected chi connectivity index (χ3v) is 9.56. The van der Waals surface area contributed by atoms with Gasteiger partial charge in [0.15, 0.2) is 0 Å². The normalized spacial score (nSPS) is 22.5. The number of carbonyl (C=O) groups excluding carboxylic acids is 1. The second kappa shape index (κ2) is 11.4. The molecule has 11 heteroatoms. The van der Waals surface area contributed by atoms with E-state index in [2.05, 4.69) is 20.0 Å². The van der Waals surface area contributed by atoms with Crippen LogP contribution in [0.5, 0.6) is 5.88 Å². The SMILES string of the molecule is Cc1cccc(C)c1-c1cc2nc(n1)NS(=O)(=O)c1cccc(c1)C(=O)N(CCC1CCOCC1)[C@@H]1CNC[C@H]1O2. The summed E-state index contributed by atoms with van der Waals surface area (Å²) < 4.78 is 41.5. The molecule has 1 amide bonds. The third-order valence-electron chi connectivity index (χ3n) is 8.24. The van der Waals surface area contributed by atoms with Gasteiger partial charge in [-0.15, -0.1) is 0 Å². The second-order valence-corrected chi connectivity index (χ2v) is 12.7. The molecular weight excluding hydrogens is 542 g/mol.